The van der Waals surface area contributed by atoms with Crippen LogP contribution >= 0.6 is 0 Å². The van der Waals surface area contributed by atoms with E-state index in [-0.39, 0.29) is 5.56 Å². The molecule has 3 aromatic rings. The predicted molar refractivity (Wildman–Crippen MR) is 122 cm³/mol. The van der Waals surface area contributed by atoms with Gasteiger partial charge in [0.25, 0.3) is 11.8 Å². The van der Waals surface area contributed by atoms with Gasteiger partial charge in [-0.1, -0.05) is 30.3 Å². The molecule has 0 aliphatic carbocycles. The molecule has 2 N–H and O–H groups in total. The summed E-state index contributed by atoms with van der Waals surface area (Å²) in [7, 11) is 0. The zero-order valence-electron chi connectivity index (χ0n) is 18.9. The molecule has 1 unspecified atom stereocenters. The number of carbonyl (C=O) groups excluding carboxylic acids is 2. The number of carbonyl (C=O) groups is 2. The maximum atomic E-state index is 13.0. The summed E-state index contributed by atoms with van der Waals surface area (Å²) in [6.07, 6.45) is 3.28. The van der Waals surface area contributed by atoms with Gasteiger partial charge in [-0.25, -0.2) is 0 Å². The average molecular weight is 453 g/mol. The number of nitrogens with one attached hydrogen (secondary N) is 2. The van der Waals surface area contributed by atoms with Gasteiger partial charge >= 0.3 is 0 Å². The fourth-order valence-electron chi connectivity index (χ4n) is 3.27. The van der Waals surface area contributed by atoms with Crippen LogP contribution in [0, 0.1) is 0 Å². The predicted octanol–water partition coefficient (Wildman–Crippen LogP) is 3.13. The second kappa shape index (κ2) is 11.6. The van der Waals surface area contributed by atoms with E-state index in [0.717, 1.165) is 5.56 Å². The van der Waals surface area contributed by atoms with Crippen molar-refractivity contribution in [1.29, 1.82) is 0 Å². The van der Waals surface area contributed by atoms with Crippen molar-refractivity contribution in [3.63, 3.8) is 0 Å². The van der Waals surface area contributed by atoms with Gasteiger partial charge in [0.05, 0.1) is 19.8 Å². The van der Waals surface area contributed by atoms with E-state index in [2.05, 4.69) is 16.0 Å². The second-order valence-corrected chi connectivity index (χ2v) is 6.84. The zero-order valence-corrected chi connectivity index (χ0v) is 18.9. The minimum Gasteiger partial charge on any atom is -0.490 e. The third-order valence-corrected chi connectivity index (χ3v) is 4.62. The van der Waals surface area contributed by atoms with Gasteiger partial charge in [0.1, 0.15) is 0 Å². The van der Waals surface area contributed by atoms with Crippen LogP contribution in [0.4, 0.5) is 0 Å². The lowest BCUT2D eigenvalue weighted by Crippen LogP contribution is -2.45. The van der Waals surface area contributed by atoms with Crippen molar-refractivity contribution in [3.8, 4) is 17.2 Å². The number of benzene rings is 2. The minimum absolute atomic E-state index is 0.251. The number of hydrazine groups is 1. The van der Waals surface area contributed by atoms with Crippen molar-refractivity contribution in [2.24, 2.45) is 0 Å². The van der Waals surface area contributed by atoms with E-state index in [9.17, 15) is 9.59 Å². The number of nitrogens with zero attached hydrogens (tertiary/aromatic N) is 2. The Morgan fingerprint density at radius 2 is 1.55 bits per heavy atom. The topological polar surface area (TPSA) is 104 Å². The molecule has 3 rings (SSSR count). The molecule has 0 aliphatic heterocycles. The molecule has 0 bridgehead atoms. The highest BCUT2D eigenvalue weighted by Gasteiger charge is 2.24. The summed E-state index contributed by atoms with van der Waals surface area (Å²) in [4.78, 5) is 25.9. The summed E-state index contributed by atoms with van der Waals surface area (Å²) in [5.41, 5.74) is 5.95. The summed E-state index contributed by atoms with van der Waals surface area (Å²) in [6, 6.07) is 13.3. The lowest BCUT2D eigenvalue weighted by Gasteiger charge is -2.19. The third-order valence-electron chi connectivity index (χ3n) is 4.62. The molecule has 1 aromatic heterocycles. The number of hydrogen-bond donors (Lipinski definition) is 2. The van der Waals surface area contributed by atoms with Crippen molar-refractivity contribution in [2.75, 3.05) is 19.8 Å². The first kappa shape index (κ1) is 23.6. The number of hydrogen-bond acceptors (Lipinski definition) is 6. The summed E-state index contributed by atoms with van der Waals surface area (Å²) in [5.74, 6) is 0.241. The van der Waals surface area contributed by atoms with Crippen LogP contribution in [0.25, 0.3) is 0 Å². The third kappa shape index (κ3) is 5.82. The van der Waals surface area contributed by atoms with Gasteiger partial charge in [-0.2, -0.15) is 5.10 Å². The van der Waals surface area contributed by atoms with Crippen molar-refractivity contribution in [3.05, 3.63) is 72.1 Å². The van der Waals surface area contributed by atoms with Crippen LogP contribution in [0.5, 0.6) is 17.2 Å². The van der Waals surface area contributed by atoms with E-state index in [1.165, 1.54) is 4.68 Å². The molecule has 0 spiro atoms. The van der Waals surface area contributed by atoms with E-state index in [1.807, 2.05) is 51.1 Å². The van der Waals surface area contributed by atoms with E-state index in [4.69, 9.17) is 14.2 Å². The highest BCUT2D eigenvalue weighted by Crippen LogP contribution is 2.39. The highest BCUT2D eigenvalue weighted by molar-refractivity contribution is 5.97. The summed E-state index contributed by atoms with van der Waals surface area (Å²) >= 11 is 0. The molecule has 2 amide bonds. The van der Waals surface area contributed by atoms with Gasteiger partial charge in [0.2, 0.25) is 5.75 Å². The molecule has 0 fully saturated rings. The first-order chi connectivity index (χ1) is 16.1. The van der Waals surface area contributed by atoms with E-state index >= 15 is 0 Å². The van der Waals surface area contributed by atoms with Gasteiger partial charge in [-0.15, -0.1) is 0 Å². The molecule has 1 atom stereocenters. The lowest BCUT2D eigenvalue weighted by molar-refractivity contribution is -0.124. The van der Waals surface area contributed by atoms with Crippen molar-refractivity contribution < 1.29 is 23.8 Å². The summed E-state index contributed by atoms with van der Waals surface area (Å²) < 4.78 is 18.5. The van der Waals surface area contributed by atoms with Crippen LogP contribution in [0.1, 0.15) is 42.7 Å². The Kier molecular flexibility index (Phi) is 8.29. The van der Waals surface area contributed by atoms with Gasteiger partial charge < -0.3 is 14.2 Å². The molecule has 0 aliphatic rings. The van der Waals surface area contributed by atoms with Crippen molar-refractivity contribution in [1.82, 2.24) is 20.6 Å². The van der Waals surface area contributed by atoms with Gasteiger partial charge in [0, 0.05) is 18.0 Å². The first-order valence-electron chi connectivity index (χ1n) is 10.8. The Bertz CT molecular complexity index is 1030. The monoisotopic (exact) mass is 452 g/mol. The Morgan fingerprint density at radius 3 is 2.09 bits per heavy atom. The van der Waals surface area contributed by atoms with Crippen molar-refractivity contribution in [2.45, 2.75) is 26.8 Å². The second-order valence-electron chi connectivity index (χ2n) is 6.84. The fourth-order valence-corrected chi connectivity index (χ4v) is 3.27. The van der Waals surface area contributed by atoms with Crippen LogP contribution in [-0.2, 0) is 4.79 Å². The molecule has 174 valence electrons. The molecule has 0 saturated heterocycles. The summed E-state index contributed by atoms with van der Waals surface area (Å²) in [5, 5.41) is 4.19. The normalized spacial score (nSPS) is 11.4. The van der Waals surface area contributed by atoms with Crippen LogP contribution in [0.15, 0.2) is 60.9 Å². The molecule has 33 heavy (non-hydrogen) atoms. The number of aromatic nitrogens is 2. The van der Waals surface area contributed by atoms with Crippen LogP contribution in [0.2, 0.25) is 0 Å². The molecule has 2 aromatic carbocycles. The molecule has 0 saturated carbocycles. The molecular weight excluding hydrogens is 424 g/mol. The van der Waals surface area contributed by atoms with Crippen molar-refractivity contribution >= 4 is 11.8 Å². The highest BCUT2D eigenvalue weighted by atomic mass is 16.5. The van der Waals surface area contributed by atoms with Gasteiger partial charge in [-0.3, -0.25) is 25.1 Å². The summed E-state index contributed by atoms with van der Waals surface area (Å²) in [6.45, 7) is 6.71. The first-order valence-corrected chi connectivity index (χ1v) is 10.8. The van der Waals surface area contributed by atoms with E-state index in [0.29, 0.717) is 37.1 Å². The maximum absolute atomic E-state index is 13.0. The average Bonchev–Trinajstić information content (AvgIpc) is 3.35. The number of ether oxygens (including phenoxy) is 3. The maximum Gasteiger partial charge on any atom is 0.269 e. The van der Waals surface area contributed by atoms with E-state index in [1.54, 1.807) is 30.6 Å². The Morgan fingerprint density at radius 1 is 0.909 bits per heavy atom. The largest absolute Gasteiger partial charge is 0.490 e. The number of rotatable bonds is 10. The van der Waals surface area contributed by atoms with Gasteiger partial charge in [-0.05, 0) is 44.5 Å². The molecule has 9 heteroatoms. The van der Waals surface area contributed by atoms with Crippen LogP contribution < -0.4 is 25.1 Å². The van der Waals surface area contributed by atoms with Gasteiger partial charge in [0.15, 0.2) is 17.5 Å². The fraction of sp³-hybridized carbons (Fsp3) is 0.292. The Hall–Kier alpha value is -4.01. The Balaban J connectivity index is 1.81. The number of amides is 2. The molecule has 0 radical (unpaired) electrons. The SMILES string of the molecule is CCOc1cc(C(=O)NNC(=O)C(c2ccccc2)n2cccn2)cc(OCC)c1OCC. The minimum atomic E-state index is -0.750. The van der Waals surface area contributed by atoms with Crippen LogP contribution in [0.3, 0.4) is 0 Å². The standard InChI is InChI=1S/C24H28N4O5/c1-4-31-19-15-18(16-20(32-5-2)22(19)33-6-3)23(29)26-27-24(30)21(28-14-10-13-25-28)17-11-8-7-9-12-17/h7-16,21H,4-6H2,1-3H3,(H,26,29)(H,27,30). The van der Waals surface area contributed by atoms with E-state index < -0.39 is 17.9 Å². The lowest BCUT2D eigenvalue weighted by atomic mass is 10.1. The van der Waals surface area contributed by atoms with Crippen LogP contribution in [-0.4, -0.2) is 41.4 Å². The molecular formula is C24H28N4O5. The smallest absolute Gasteiger partial charge is 0.269 e. The Labute approximate surface area is 192 Å². The zero-order chi connectivity index (χ0) is 23.6. The molecule has 9 nitrogen and oxygen atoms in total. The molecule has 1 heterocycles. The quantitative estimate of drug-likeness (QED) is 0.458.